The van der Waals surface area contributed by atoms with Gasteiger partial charge in [-0.3, -0.25) is 4.79 Å². The van der Waals surface area contributed by atoms with E-state index in [1.807, 2.05) is 24.3 Å². The number of thioether (sulfide) groups is 1. The number of rotatable bonds is 7. The average molecular weight is 309 g/mol. The summed E-state index contributed by atoms with van der Waals surface area (Å²) in [5.41, 5.74) is 2.79. The number of hydrogen-bond donors (Lipinski definition) is 2. The third kappa shape index (κ3) is 4.06. The molecular formula is C14H15NO3S2. The van der Waals surface area contributed by atoms with Crippen molar-refractivity contribution >= 4 is 29.1 Å². The van der Waals surface area contributed by atoms with Crippen molar-refractivity contribution in [2.24, 2.45) is 0 Å². The fourth-order valence-corrected chi connectivity index (χ4v) is 3.39. The zero-order valence-electron chi connectivity index (χ0n) is 10.8. The summed E-state index contributed by atoms with van der Waals surface area (Å²) < 4.78 is 0. The lowest BCUT2D eigenvalue weighted by atomic mass is 10.1. The van der Waals surface area contributed by atoms with Crippen LogP contribution in [0.1, 0.15) is 11.3 Å². The number of nitrogens with zero attached hydrogens (tertiary/aromatic N) is 1. The van der Waals surface area contributed by atoms with Crippen LogP contribution in [0, 0.1) is 0 Å². The molecule has 2 rings (SSSR count). The first-order valence-corrected chi connectivity index (χ1v) is 8.17. The molecule has 4 nitrogen and oxygen atoms in total. The van der Waals surface area contributed by atoms with Crippen LogP contribution in [0.25, 0.3) is 10.6 Å². The highest BCUT2D eigenvalue weighted by atomic mass is 32.2. The van der Waals surface area contributed by atoms with Crippen molar-refractivity contribution in [3.8, 4) is 10.6 Å². The molecule has 2 N–H and O–H groups in total. The maximum Gasteiger partial charge on any atom is 0.309 e. The summed E-state index contributed by atoms with van der Waals surface area (Å²) in [6.07, 6.45) is -0.0437. The standard InChI is InChI=1S/C14H15NO3S2/c16-5-6-19-8-10-3-1-2-4-12(10)14-15-11(9-20-14)7-13(17)18/h1-4,9,16H,5-8H2,(H,17,18). The molecule has 20 heavy (non-hydrogen) atoms. The van der Waals surface area contributed by atoms with Gasteiger partial charge in [-0.2, -0.15) is 11.8 Å². The maximum atomic E-state index is 10.7. The summed E-state index contributed by atoms with van der Waals surface area (Å²) in [7, 11) is 0. The number of aliphatic carboxylic acids is 1. The molecule has 6 heteroatoms. The highest BCUT2D eigenvalue weighted by Crippen LogP contribution is 2.29. The minimum atomic E-state index is -0.867. The Labute approximate surface area is 125 Å². The van der Waals surface area contributed by atoms with Crippen molar-refractivity contribution in [1.82, 2.24) is 4.98 Å². The number of carbonyl (C=O) groups is 1. The van der Waals surface area contributed by atoms with Crippen molar-refractivity contribution < 1.29 is 15.0 Å². The molecule has 0 saturated carbocycles. The molecule has 0 radical (unpaired) electrons. The van der Waals surface area contributed by atoms with Gasteiger partial charge in [-0.05, 0) is 5.56 Å². The average Bonchev–Trinajstić information content (AvgIpc) is 2.87. The van der Waals surface area contributed by atoms with Gasteiger partial charge in [0.2, 0.25) is 0 Å². The van der Waals surface area contributed by atoms with Crippen LogP contribution in [0.15, 0.2) is 29.6 Å². The summed E-state index contributed by atoms with van der Waals surface area (Å²) in [6.45, 7) is 0.173. The Morgan fingerprint density at radius 3 is 2.90 bits per heavy atom. The Balaban J connectivity index is 2.18. The molecule has 0 spiro atoms. The third-order valence-electron chi connectivity index (χ3n) is 2.63. The van der Waals surface area contributed by atoms with E-state index in [-0.39, 0.29) is 13.0 Å². The molecule has 0 amide bonds. The molecular weight excluding hydrogens is 294 g/mol. The third-order valence-corrected chi connectivity index (χ3v) is 4.54. The van der Waals surface area contributed by atoms with Gasteiger partial charge in [-0.1, -0.05) is 24.3 Å². The predicted molar refractivity (Wildman–Crippen MR) is 82.1 cm³/mol. The molecule has 0 unspecified atom stereocenters. The highest BCUT2D eigenvalue weighted by Gasteiger charge is 2.11. The molecule has 0 aliphatic heterocycles. The number of benzene rings is 1. The molecule has 106 valence electrons. The first-order valence-electron chi connectivity index (χ1n) is 6.14. The number of aliphatic hydroxyl groups is 1. The van der Waals surface area contributed by atoms with Crippen LogP contribution in [0.3, 0.4) is 0 Å². The second-order valence-electron chi connectivity index (χ2n) is 4.15. The van der Waals surface area contributed by atoms with Crippen LogP contribution < -0.4 is 0 Å². The summed E-state index contributed by atoms with van der Waals surface area (Å²) in [6, 6.07) is 7.97. The van der Waals surface area contributed by atoms with Crippen molar-refractivity contribution in [3.63, 3.8) is 0 Å². The van der Waals surface area contributed by atoms with E-state index in [0.717, 1.165) is 21.9 Å². The Morgan fingerprint density at radius 2 is 2.15 bits per heavy atom. The largest absolute Gasteiger partial charge is 0.481 e. The highest BCUT2D eigenvalue weighted by molar-refractivity contribution is 7.98. The Morgan fingerprint density at radius 1 is 1.35 bits per heavy atom. The van der Waals surface area contributed by atoms with Crippen LogP contribution in [-0.4, -0.2) is 33.5 Å². The quantitative estimate of drug-likeness (QED) is 0.770. The molecule has 0 fully saturated rings. The van der Waals surface area contributed by atoms with Crippen LogP contribution >= 0.6 is 23.1 Å². The second kappa shape index (κ2) is 7.42. The van der Waals surface area contributed by atoms with E-state index >= 15 is 0 Å². The number of thiazole rings is 1. The summed E-state index contributed by atoms with van der Waals surface area (Å²) >= 11 is 3.13. The zero-order valence-corrected chi connectivity index (χ0v) is 12.4. The van der Waals surface area contributed by atoms with E-state index in [1.54, 1.807) is 17.1 Å². The molecule has 2 aromatic rings. The number of hydrogen-bond acceptors (Lipinski definition) is 5. The fourth-order valence-electron chi connectivity index (χ4n) is 1.77. The fraction of sp³-hybridized carbons (Fsp3) is 0.286. The lowest BCUT2D eigenvalue weighted by Gasteiger charge is -2.06. The van der Waals surface area contributed by atoms with Crippen LogP contribution in [0.5, 0.6) is 0 Å². The van der Waals surface area contributed by atoms with Gasteiger partial charge in [-0.25, -0.2) is 4.98 Å². The van der Waals surface area contributed by atoms with E-state index in [1.165, 1.54) is 11.3 Å². The topological polar surface area (TPSA) is 70.4 Å². The van der Waals surface area contributed by atoms with E-state index < -0.39 is 5.97 Å². The van der Waals surface area contributed by atoms with Gasteiger partial charge in [0.05, 0.1) is 18.7 Å². The molecule has 0 atom stereocenters. The molecule has 0 saturated heterocycles. The van der Waals surface area contributed by atoms with Gasteiger partial charge in [0, 0.05) is 22.4 Å². The molecule has 1 heterocycles. The van der Waals surface area contributed by atoms with E-state index in [2.05, 4.69) is 4.98 Å². The van der Waals surface area contributed by atoms with Gasteiger partial charge in [-0.15, -0.1) is 11.3 Å². The monoisotopic (exact) mass is 309 g/mol. The first kappa shape index (κ1) is 15.0. The van der Waals surface area contributed by atoms with E-state index in [0.29, 0.717) is 11.4 Å². The second-order valence-corrected chi connectivity index (χ2v) is 6.11. The van der Waals surface area contributed by atoms with Gasteiger partial charge in [0.15, 0.2) is 0 Å². The lowest BCUT2D eigenvalue weighted by molar-refractivity contribution is -0.136. The number of carboxylic acid groups (broad SMARTS) is 1. The zero-order chi connectivity index (χ0) is 14.4. The van der Waals surface area contributed by atoms with E-state index in [9.17, 15) is 4.79 Å². The minimum Gasteiger partial charge on any atom is -0.481 e. The number of aromatic nitrogens is 1. The Kier molecular flexibility index (Phi) is 5.58. The predicted octanol–water partition coefficient (Wildman–Crippen LogP) is 2.66. The van der Waals surface area contributed by atoms with Gasteiger partial charge < -0.3 is 10.2 Å². The van der Waals surface area contributed by atoms with Gasteiger partial charge in [0.1, 0.15) is 5.01 Å². The number of aliphatic hydroxyl groups excluding tert-OH is 1. The van der Waals surface area contributed by atoms with Gasteiger partial charge >= 0.3 is 5.97 Å². The molecule has 1 aromatic carbocycles. The summed E-state index contributed by atoms with van der Waals surface area (Å²) in [5.74, 6) is 0.648. The van der Waals surface area contributed by atoms with Crippen LogP contribution in [-0.2, 0) is 17.0 Å². The molecule has 0 bridgehead atoms. The molecule has 1 aromatic heterocycles. The lowest BCUT2D eigenvalue weighted by Crippen LogP contribution is -2.00. The minimum absolute atomic E-state index is 0.0437. The summed E-state index contributed by atoms with van der Waals surface area (Å²) in [5, 5.41) is 20.3. The van der Waals surface area contributed by atoms with Gasteiger partial charge in [0.25, 0.3) is 0 Å². The van der Waals surface area contributed by atoms with Crippen LogP contribution in [0.2, 0.25) is 0 Å². The van der Waals surface area contributed by atoms with Crippen LogP contribution in [0.4, 0.5) is 0 Å². The normalized spacial score (nSPS) is 10.7. The van der Waals surface area contributed by atoms with E-state index in [4.69, 9.17) is 10.2 Å². The van der Waals surface area contributed by atoms with Crippen molar-refractivity contribution in [2.45, 2.75) is 12.2 Å². The maximum absolute atomic E-state index is 10.7. The molecule has 0 aliphatic rings. The summed E-state index contributed by atoms with van der Waals surface area (Å²) in [4.78, 5) is 15.1. The number of carboxylic acids is 1. The Hall–Kier alpha value is -1.37. The van der Waals surface area contributed by atoms with Crippen molar-refractivity contribution in [2.75, 3.05) is 12.4 Å². The van der Waals surface area contributed by atoms with Crippen molar-refractivity contribution in [3.05, 3.63) is 40.9 Å². The Bertz CT molecular complexity index is 583. The molecule has 0 aliphatic carbocycles. The first-order chi connectivity index (χ1) is 9.70. The smallest absolute Gasteiger partial charge is 0.309 e. The van der Waals surface area contributed by atoms with Crippen molar-refractivity contribution in [1.29, 1.82) is 0 Å². The SMILES string of the molecule is O=C(O)Cc1csc(-c2ccccc2CSCCO)n1.